The number of aromatic nitrogens is 1. The molecule has 1 aliphatic heterocycles. The number of ether oxygens (including phenoxy) is 1. The molecule has 2 amide bonds. The molecule has 0 saturated heterocycles. The van der Waals surface area contributed by atoms with Crippen LogP contribution in [0.3, 0.4) is 0 Å². The van der Waals surface area contributed by atoms with E-state index in [1.165, 1.54) is 0 Å². The van der Waals surface area contributed by atoms with Crippen molar-refractivity contribution in [2.75, 3.05) is 18.5 Å². The summed E-state index contributed by atoms with van der Waals surface area (Å²) in [5.41, 5.74) is 6.21. The number of fused-ring (bicyclic) bond motifs is 4. The monoisotopic (exact) mass is 625 g/mol. The highest BCUT2D eigenvalue weighted by Gasteiger charge is 2.31. The van der Waals surface area contributed by atoms with E-state index < -0.39 is 35.0 Å². The molecule has 10 heteroatoms. The van der Waals surface area contributed by atoms with Crippen molar-refractivity contribution in [2.24, 2.45) is 0 Å². The molecule has 1 N–H and O–H groups in total. The summed E-state index contributed by atoms with van der Waals surface area (Å²) in [4.78, 5) is 32.9. The van der Waals surface area contributed by atoms with Gasteiger partial charge in [-0.3, -0.25) is 10.1 Å². The number of carbonyl (C=O) groups is 2. The third kappa shape index (κ3) is 5.25. The molecule has 226 valence electrons. The van der Waals surface area contributed by atoms with Crippen LogP contribution in [0.1, 0.15) is 43.4 Å². The van der Waals surface area contributed by atoms with E-state index in [0.717, 1.165) is 44.7 Å². The Bertz CT molecular complexity index is 1920. The Balaban J connectivity index is 1.04. The molecule has 0 radical (unpaired) electrons. The van der Waals surface area contributed by atoms with Crippen molar-refractivity contribution in [1.82, 2.24) is 9.88 Å². The second kappa shape index (κ2) is 11.5. The molecule has 0 atom stereocenters. The second-order valence-corrected chi connectivity index (χ2v) is 12.2. The van der Waals surface area contributed by atoms with E-state index in [-0.39, 0.29) is 29.9 Å². The van der Waals surface area contributed by atoms with Crippen molar-refractivity contribution in [3.05, 3.63) is 129 Å². The average molecular weight is 626 g/mol. The number of nitrogens with one attached hydrogen (secondary N) is 1. The Morgan fingerprint density at radius 3 is 2.31 bits per heavy atom. The molecule has 5 aromatic rings. The van der Waals surface area contributed by atoms with Gasteiger partial charge in [-0.05, 0) is 52.8 Å². The van der Waals surface area contributed by atoms with E-state index in [0.29, 0.717) is 35.5 Å². The summed E-state index contributed by atoms with van der Waals surface area (Å²) < 4.78 is 48.1. The van der Waals surface area contributed by atoms with Gasteiger partial charge in [-0.1, -0.05) is 60.7 Å². The summed E-state index contributed by atoms with van der Waals surface area (Å²) in [6, 6.07) is 22.8. The molecular weight excluding hydrogens is 599 g/mol. The van der Waals surface area contributed by atoms with Gasteiger partial charge < -0.3 is 9.64 Å². The zero-order chi connectivity index (χ0) is 31.2. The molecule has 0 saturated carbocycles. The largest absolute Gasteiger partial charge is 0.448 e. The number of hydrogen-bond acceptors (Lipinski definition) is 5. The van der Waals surface area contributed by atoms with Crippen molar-refractivity contribution in [3.8, 4) is 22.4 Å². The molecule has 1 aromatic heterocycles. The van der Waals surface area contributed by atoms with Gasteiger partial charge in [0.2, 0.25) is 0 Å². The first kappa shape index (κ1) is 28.8. The minimum absolute atomic E-state index is 0.000810. The lowest BCUT2D eigenvalue weighted by Gasteiger charge is -2.29. The number of anilines is 1. The van der Waals surface area contributed by atoms with Crippen LogP contribution < -0.4 is 5.32 Å². The standard InChI is InChI=1S/C35H26F3N3O3S/c1-19-32(31-29(37)15-21(36)16-30(31)38)39-34(45-19)40-33(42)27-12-6-7-20-17-41(14-13-22(20)27)35(43)44-18-28-25-10-4-2-8-23(25)24-9-3-5-11-26(24)28/h2-12,15-16,28H,13-14,17-18H2,1H3,(H,39,40,42). The number of rotatable bonds is 5. The fraction of sp³-hybridized carbons (Fsp3) is 0.171. The van der Waals surface area contributed by atoms with Crippen LogP contribution in [0, 0.1) is 24.4 Å². The molecule has 4 aromatic carbocycles. The van der Waals surface area contributed by atoms with E-state index in [9.17, 15) is 22.8 Å². The maximum absolute atomic E-state index is 14.4. The van der Waals surface area contributed by atoms with E-state index >= 15 is 0 Å². The van der Waals surface area contributed by atoms with Crippen LogP contribution in [0.2, 0.25) is 0 Å². The highest BCUT2D eigenvalue weighted by Crippen LogP contribution is 2.44. The van der Waals surface area contributed by atoms with E-state index in [4.69, 9.17) is 4.74 Å². The first-order valence-electron chi connectivity index (χ1n) is 14.4. The van der Waals surface area contributed by atoms with Crippen LogP contribution in [0.5, 0.6) is 0 Å². The molecule has 7 rings (SSSR count). The van der Waals surface area contributed by atoms with Crippen molar-refractivity contribution >= 4 is 28.5 Å². The topological polar surface area (TPSA) is 71.5 Å². The zero-order valence-corrected chi connectivity index (χ0v) is 24.9. The molecule has 1 aliphatic carbocycles. The molecule has 2 aliphatic rings. The predicted molar refractivity (Wildman–Crippen MR) is 166 cm³/mol. The summed E-state index contributed by atoms with van der Waals surface area (Å²) in [5, 5.41) is 2.89. The first-order chi connectivity index (χ1) is 21.8. The Labute approximate surface area is 261 Å². The van der Waals surface area contributed by atoms with Gasteiger partial charge in [-0.15, -0.1) is 11.3 Å². The maximum atomic E-state index is 14.4. The van der Waals surface area contributed by atoms with Crippen molar-refractivity contribution in [2.45, 2.75) is 25.8 Å². The minimum Gasteiger partial charge on any atom is -0.448 e. The van der Waals surface area contributed by atoms with Gasteiger partial charge in [0.25, 0.3) is 5.91 Å². The zero-order valence-electron chi connectivity index (χ0n) is 24.1. The Hall–Kier alpha value is -4.96. The van der Waals surface area contributed by atoms with Gasteiger partial charge in [0.15, 0.2) is 5.13 Å². The molecule has 0 fully saturated rings. The van der Waals surface area contributed by atoms with Crippen molar-refractivity contribution in [3.63, 3.8) is 0 Å². The number of amides is 2. The van der Waals surface area contributed by atoms with Crippen molar-refractivity contribution in [1.29, 1.82) is 0 Å². The van der Waals surface area contributed by atoms with Gasteiger partial charge >= 0.3 is 6.09 Å². The lowest BCUT2D eigenvalue weighted by atomic mass is 9.94. The number of thiazole rings is 1. The lowest BCUT2D eigenvalue weighted by molar-refractivity contribution is 0.0952. The number of hydrogen-bond donors (Lipinski definition) is 1. The van der Waals surface area contributed by atoms with Crippen LogP contribution in [0.25, 0.3) is 22.4 Å². The van der Waals surface area contributed by atoms with Gasteiger partial charge in [-0.25, -0.2) is 22.9 Å². The summed E-state index contributed by atoms with van der Waals surface area (Å²) in [5.74, 6) is -3.64. The van der Waals surface area contributed by atoms with Crippen molar-refractivity contribution < 1.29 is 27.5 Å². The highest BCUT2D eigenvalue weighted by molar-refractivity contribution is 7.16. The van der Waals surface area contributed by atoms with Gasteiger partial charge in [0.05, 0.1) is 11.3 Å². The fourth-order valence-electron chi connectivity index (χ4n) is 6.28. The number of halogens is 3. The van der Waals surface area contributed by atoms with Crippen LogP contribution in [-0.2, 0) is 17.7 Å². The summed E-state index contributed by atoms with van der Waals surface area (Å²) >= 11 is 1.06. The predicted octanol–water partition coefficient (Wildman–Crippen LogP) is 8.10. The number of carbonyl (C=O) groups excluding carboxylic acids is 2. The SMILES string of the molecule is Cc1sc(NC(=O)c2cccc3c2CCN(C(=O)OCC2c4ccccc4-c4ccccc42)C3)nc1-c1c(F)cc(F)cc1F. The summed E-state index contributed by atoms with van der Waals surface area (Å²) in [6.45, 7) is 2.50. The summed E-state index contributed by atoms with van der Waals surface area (Å²) in [7, 11) is 0. The van der Waals surface area contributed by atoms with Crippen LogP contribution in [0.15, 0.2) is 78.9 Å². The quantitative estimate of drug-likeness (QED) is 0.214. The average Bonchev–Trinajstić information content (AvgIpc) is 3.55. The van der Waals surface area contributed by atoms with Crippen LogP contribution >= 0.6 is 11.3 Å². The molecular formula is C35H26F3N3O3S. The molecule has 2 heterocycles. The van der Waals surface area contributed by atoms with E-state index in [2.05, 4.69) is 34.6 Å². The number of benzene rings is 4. The normalized spacial score (nSPS) is 13.6. The number of nitrogens with zero attached hydrogens (tertiary/aromatic N) is 2. The first-order valence-corrected chi connectivity index (χ1v) is 15.2. The molecule has 45 heavy (non-hydrogen) atoms. The number of aryl methyl sites for hydroxylation is 1. The molecule has 0 unspecified atom stereocenters. The van der Waals surface area contributed by atoms with Crippen LogP contribution in [-0.4, -0.2) is 35.0 Å². The third-order valence-electron chi connectivity index (χ3n) is 8.37. The maximum Gasteiger partial charge on any atom is 0.410 e. The molecule has 6 nitrogen and oxygen atoms in total. The van der Waals surface area contributed by atoms with E-state index in [1.54, 1.807) is 24.0 Å². The van der Waals surface area contributed by atoms with E-state index in [1.807, 2.05) is 30.3 Å². The molecule has 0 bridgehead atoms. The highest BCUT2D eigenvalue weighted by atomic mass is 32.1. The van der Waals surface area contributed by atoms with Gasteiger partial charge in [-0.2, -0.15) is 0 Å². The minimum atomic E-state index is -1.07. The molecule has 0 spiro atoms. The second-order valence-electron chi connectivity index (χ2n) is 11.0. The Morgan fingerprint density at radius 1 is 0.956 bits per heavy atom. The smallest absolute Gasteiger partial charge is 0.410 e. The lowest BCUT2D eigenvalue weighted by Crippen LogP contribution is -2.37. The van der Waals surface area contributed by atoms with Crippen LogP contribution in [0.4, 0.5) is 23.1 Å². The van der Waals surface area contributed by atoms with Gasteiger partial charge in [0.1, 0.15) is 24.1 Å². The fourth-order valence-corrected chi connectivity index (χ4v) is 7.09. The third-order valence-corrected chi connectivity index (χ3v) is 9.25. The summed E-state index contributed by atoms with van der Waals surface area (Å²) in [6.07, 6.45) is 0.0282. The Morgan fingerprint density at radius 2 is 1.62 bits per heavy atom. The Kier molecular flexibility index (Phi) is 7.37. The van der Waals surface area contributed by atoms with Gasteiger partial charge in [0, 0.05) is 41.6 Å².